The van der Waals surface area contributed by atoms with Gasteiger partial charge in [0, 0.05) is 58.8 Å². The first-order valence-corrected chi connectivity index (χ1v) is 11.0. The largest absolute Gasteiger partial charge is 0.394 e. The number of allylic oxidation sites excluding steroid dienone is 1. The van der Waals surface area contributed by atoms with Crippen molar-refractivity contribution in [1.82, 2.24) is 15.3 Å². The molecule has 3 aromatic rings. The van der Waals surface area contributed by atoms with Crippen molar-refractivity contribution in [1.29, 1.82) is 0 Å². The summed E-state index contributed by atoms with van der Waals surface area (Å²) in [5, 5.41) is 16.7. The highest BCUT2D eigenvalue weighted by atomic mass is 35.5. The molecule has 3 N–H and O–H groups in total. The van der Waals surface area contributed by atoms with E-state index in [4.69, 9.17) is 16.3 Å². The molecule has 2 aromatic heterocycles. The fraction of sp³-hybridized carbons (Fsp3) is 0.231. The molecular formula is C26H28ClFN4O2. The van der Waals surface area contributed by atoms with Crippen LogP contribution in [-0.4, -0.2) is 40.9 Å². The van der Waals surface area contributed by atoms with Crippen LogP contribution in [-0.2, 0) is 4.74 Å². The lowest BCUT2D eigenvalue weighted by Crippen LogP contribution is -2.41. The number of nitrogens with one attached hydrogen (secondary N) is 2. The molecule has 0 spiro atoms. The SMILES string of the molecule is C=C(C)c1cnc(-c2cc(Cl)ccc2F)cc1Nc1ccncc1C(=C)N[C@@H](CO)C(C)OC. The van der Waals surface area contributed by atoms with E-state index < -0.39 is 5.82 Å². The maximum Gasteiger partial charge on any atom is 0.132 e. The fourth-order valence-corrected chi connectivity index (χ4v) is 3.58. The zero-order valence-electron chi connectivity index (χ0n) is 19.4. The topological polar surface area (TPSA) is 79.3 Å². The van der Waals surface area contributed by atoms with E-state index in [2.05, 4.69) is 33.8 Å². The van der Waals surface area contributed by atoms with Gasteiger partial charge in [-0.25, -0.2) is 4.39 Å². The van der Waals surface area contributed by atoms with E-state index in [9.17, 15) is 9.50 Å². The molecule has 0 aliphatic rings. The predicted octanol–water partition coefficient (Wildman–Crippen LogP) is 5.67. The monoisotopic (exact) mass is 482 g/mol. The van der Waals surface area contributed by atoms with Gasteiger partial charge in [0.25, 0.3) is 0 Å². The summed E-state index contributed by atoms with van der Waals surface area (Å²) in [7, 11) is 1.58. The Morgan fingerprint density at radius 3 is 2.62 bits per heavy atom. The maximum absolute atomic E-state index is 14.5. The van der Waals surface area contributed by atoms with Crippen LogP contribution in [0.15, 0.2) is 62.1 Å². The molecule has 178 valence electrons. The van der Waals surface area contributed by atoms with Crippen LogP contribution >= 0.6 is 11.6 Å². The summed E-state index contributed by atoms with van der Waals surface area (Å²) in [4.78, 5) is 8.65. The molecular weight excluding hydrogens is 455 g/mol. The highest BCUT2D eigenvalue weighted by Crippen LogP contribution is 2.33. The van der Waals surface area contributed by atoms with Gasteiger partial charge in [0.1, 0.15) is 5.82 Å². The number of anilines is 2. The number of methoxy groups -OCH3 is 1. The highest BCUT2D eigenvalue weighted by molar-refractivity contribution is 6.30. The van der Waals surface area contributed by atoms with Gasteiger partial charge in [0.15, 0.2) is 0 Å². The number of aromatic nitrogens is 2. The summed E-state index contributed by atoms with van der Waals surface area (Å²) in [6.07, 6.45) is 4.73. The van der Waals surface area contributed by atoms with Crippen LogP contribution in [0.5, 0.6) is 0 Å². The molecule has 1 unspecified atom stereocenters. The molecule has 3 rings (SSSR count). The van der Waals surface area contributed by atoms with E-state index in [0.717, 1.165) is 11.1 Å². The van der Waals surface area contributed by atoms with Crippen molar-refractivity contribution in [2.75, 3.05) is 19.0 Å². The Morgan fingerprint density at radius 1 is 1.18 bits per heavy atom. The van der Waals surface area contributed by atoms with Crippen LogP contribution in [0, 0.1) is 5.82 Å². The van der Waals surface area contributed by atoms with Crippen LogP contribution in [0.2, 0.25) is 5.02 Å². The zero-order valence-corrected chi connectivity index (χ0v) is 20.2. The molecule has 2 heterocycles. The number of nitrogens with zero attached hydrogens (tertiary/aromatic N) is 2. The lowest BCUT2D eigenvalue weighted by atomic mass is 10.0. The van der Waals surface area contributed by atoms with Crippen molar-refractivity contribution in [2.24, 2.45) is 0 Å². The predicted molar refractivity (Wildman–Crippen MR) is 136 cm³/mol. The number of aliphatic hydroxyl groups excluding tert-OH is 1. The Balaban J connectivity index is 2.00. The van der Waals surface area contributed by atoms with E-state index in [-0.39, 0.29) is 18.8 Å². The van der Waals surface area contributed by atoms with Crippen molar-refractivity contribution >= 4 is 34.2 Å². The number of benzene rings is 1. The number of hydrogen-bond donors (Lipinski definition) is 3. The highest BCUT2D eigenvalue weighted by Gasteiger charge is 2.19. The molecule has 1 aromatic carbocycles. The quantitative estimate of drug-likeness (QED) is 0.345. The van der Waals surface area contributed by atoms with Crippen LogP contribution < -0.4 is 10.6 Å². The Labute approximate surface area is 204 Å². The second-order valence-electron chi connectivity index (χ2n) is 7.92. The molecule has 0 aliphatic heterocycles. The van der Waals surface area contributed by atoms with Crippen LogP contribution in [0.3, 0.4) is 0 Å². The molecule has 0 fully saturated rings. The second-order valence-corrected chi connectivity index (χ2v) is 8.36. The van der Waals surface area contributed by atoms with Crippen molar-refractivity contribution in [2.45, 2.75) is 26.0 Å². The molecule has 2 atom stereocenters. The lowest BCUT2D eigenvalue weighted by molar-refractivity contribution is 0.0649. The van der Waals surface area contributed by atoms with Gasteiger partial charge >= 0.3 is 0 Å². The van der Waals surface area contributed by atoms with E-state index in [1.54, 1.807) is 43.9 Å². The summed E-state index contributed by atoms with van der Waals surface area (Å²) in [6, 6.07) is 7.55. The molecule has 6 nitrogen and oxygen atoms in total. The third-order valence-corrected chi connectivity index (χ3v) is 5.71. The summed E-state index contributed by atoms with van der Waals surface area (Å²) in [5.41, 5.74) is 4.93. The molecule has 0 bridgehead atoms. The van der Waals surface area contributed by atoms with Gasteiger partial charge in [-0.05, 0) is 49.8 Å². The molecule has 0 radical (unpaired) electrons. The molecule has 0 aliphatic carbocycles. The van der Waals surface area contributed by atoms with Gasteiger partial charge in [-0.3, -0.25) is 9.97 Å². The zero-order chi connectivity index (χ0) is 24.8. The Morgan fingerprint density at radius 2 is 1.94 bits per heavy atom. The first-order chi connectivity index (χ1) is 16.2. The Kier molecular flexibility index (Phi) is 8.39. The first-order valence-electron chi connectivity index (χ1n) is 10.7. The minimum absolute atomic E-state index is 0.129. The lowest BCUT2D eigenvalue weighted by Gasteiger charge is -2.25. The minimum atomic E-state index is -0.421. The van der Waals surface area contributed by atoms with Gasteiger partial charge in [-0.2, -0.15) is 0 Å². The molecule has 8 heteroatoms. The fourth-order valence-electron chi connectivity index (χ4n) is 3.41. The van der Waals surface area contributed by atoms with E-state index >= 15 is 0 Å². The third-order valence-electron chi connectivity index (χ3n) is 5.48. The molecule has 0 saturated heterocycles. The number of aliphatic hydroxyl groups is 1. The third kappa shape index (κ3) is 5.80. The average Bonchev–Trinajstić information content (AvgIpc) is 2.83. The summed E-state index contributed by atoms with van der Waals surface area (Å²) < 4.78 is 19.8. The number of ether oxygens (including phenoxy) is 1. The maximum atomic E-state index is 14.5. The van der Waals surface area contributed by atoms with Gasteiger partial charge in [-0.15, -0.1) is 0 Å². The van der Waals surface area contributed by atoms with Crippen LogP contribution in [0.4, 0.5) is 15.8 Å². The summed E-state index contributed by atoms with van der Waals surface area (Å²) in [6.45, 7) is 11.8. The van der Waals surface area contributed by atoms with Crippen LogP contribution in [0.25, 0.3) is 22.5 Å². The van der Waals surface area contributed by atoms with Gasteiger partial charge in [-0.1, -0.05) is 24.8 Å². The molecule has 0 saturated carbocycles. The summed E-state index contributed by atoms with van der Waals surface area (Å²) >= 11 is 6.09. The second kappa shape index (κ2) is 11.2. The van der Waals surface area contributed by atoms with E-state index in [1.807, 2.05) is 13.8 Å². The minimum Gasteiger partial charge on any atom is -0.394 e. The standard InChI is InChI=1S/C26H28ClFN4O2/c1-15(2)20-13-30-24(19-10-18(27)6-7-22(19)28)11-25(20)32-23-8-9-29-12-21(23)16(3)31-26(14-33)17(4)34-5/h6-13,17,26,31,33H,1,3,14H2,2,4-5H3,(H,29,30,32)/t17?,26-/m0/s1. The number of halogens is 2. The molecule has 0 amide bonds. The summed E-state index contributed by atoms with van der Waals surface area (Å²) in [5.74, 6) is -0.421. The van der Waals surface area contributed by atoms with Crippen molar-refractivity contribution in [3.63, 3.8) is 0 Å². The number of hydrogen-bond acceptors (Lipinski definition) is 6. The van der Waals surface area contributed by atoms with Gasteiger partial charge in [0.2, 0.25) is 0 Å². The Bertz CT molecular complexity index is 1200. The van der Waals surface area contributed by atoms with Crippen molar-refractivity contribution < 1.29 is 14.2 Å². The normalized spacial score (nSPS) is 12.6. The smallest absolute Gasteiger partial charge is 0.132 e. The Hall–Kier alpha value is -3.26. The first kappa shape index (κ1) is 25.4. The average molecular weight is 483 g/mol. The van der Waals surface area contributed by atoms with Crippen molar-refractivity contribution in [3.05, 3.63) is 84.0 Å². The molecule has 34 heavy (non-hydrogen) atoms. The van der Waals surface area contributed by atoms with Crippen LogP contribution in [0.1, 0.15) is 25.0 Å². The van der Waals surface area contributed by atoms with Crippen molar-refractivity contribution in [3.8, 4) is 11.3 Å². The van der Waals surface area contributed by atoms with Gasteiger partial charge < -0.3 is 20.5 Å². The number of pyridine rings is 2. The number of rotatable bonds is 10. The van der Waals surface area contributed by atoms with Gasteiger partial charge in [0.05, 0.1) is 30.1 Å². The van der Waals surface area contributed by atoms with E-state index in [1.165, 1.54) is 12.1 Å². The van der Waals surface area contributed by atoms with E-state index in [0.29, 0.717) is 38.9 Å².